The van der Waals surface area contributed by atoms with Crippen molar-refractivity contribution in [3.8, 4) is 0 Å². The van der Waals surface area contributed by atoms with Gasteiger partial charge in [-0.05, 0) is 81.3 Å². The Balaban J connectivity index is 1.26. The molecule has 6 heteroatoms. The highest BCUT2D eigenvalue weighted by Crippen LogP contribution is 2.27. The van der Waals surface area contributed by atoms with Gasteiger partial charge in [-0.2, -0.15) is 0 Å². The van der Waals surface area contributed by atoms with E-state index in [0.717, 1.165) is 53.9 Å². The van der Waals surface area contributed by atoms with Gasteiger partial charge < -0.3 is 15.5 Å². The van der Waals surface area contributed by atoms with Gasteiger partial charge in [-0.1, -0.05) is 30.3 Å². The zero-order valence-electron chi connectivity index (χ0n) is 20.8. The third-order valence-corrected chi connectivity index (χ3v) is 6.66. The molecule has 1 atom stereocenters. The number of carbonyl (C=O) groups is 2. The Kier molecular flexibility index (Phi) is 8.35. The highest BCUT2D eigenvalue weighted by molar-refractivity contribution is 5.96. The van der Waals surface area contributed by atoms with Gasteiger partial charge in [-0.15, -0.1) is 0 Å². The van der Waals surface area contributed by atoms with Crippen molar-refractivity contribution in [3.63, 3.8) is 0 Å². The third-order valence-electron chi connectivity index (χ3n) is 6.66. The lowest BCUT2D eigenvalue weighted by Gasteiger charge is -2.28. The average molecular weight is 473 g/mol. The van der Waals surface area contributed by atoms with E-state index in [9.17, 15) is 9.59 Å². The first-order chi connectivity index (χ1) is 17.0. The van der Waals surface area contributed by atoms with Gasteiger partial charge in [0.15, 0.2) is 0 Å². The first-order valence-electron chi connectivity index (χ1n) is 12.8. The number of carbonyl (C=O) groups excluding carboxylic acids is 2. The molecule has 0 bridgehead atoms. The second kappa shape index (κ2) is 11.8. The molecular weight excluding hydrogens is 436 g/mol. The summed E-state index contributed by atoms with van der Waals surface area (Å²) in [6.07, 6.45) is 5.84. The standard InChI is InChI=1S/C29H36N4O2/c1-21-19-27(33-17-7-4-8-18-33)32-26-14-13-24(20-25(21)26)31-29(35)16-15-28(34)30-22(2)11-12-23-9-5-3-6-10-23/h3,5-6,9-10,13-14,19-20,22H,4,7-8,11-12,15-18H2,1-2H3,(H,30,34)(H,31,35)/t22-/m1/s1. The maximum Gasteiger partial charge on any atom is 0.224 e. The van der Waals surface area contributed by atoms with E-state index in [1.54, 1.807) is 0 Å². The summed E-state index contributed by atoms with van der Waals surface area (Å²) in [5.41, 5.74) is 4.08. The average Bonchev–Trinajstić information content (AvgIpc) is 2.87. The largest absolute Gasteiger partial charge is 0.357 e. The van der Waals surface area contributed by atoms with Crippen LogP contribution in [0.5, 0.6) is 0 Å². The number of aryl methyl sites for hydroxylation is 2. The predicted octanol–water partition coefficient (Wildman–Crippen LogP) is 5.39. The molecule has 1 fully saturated rings. The number of benzene rings is 2. The monoisotopic (exact) mass is 472 g/mol. The summed E-state index contributed by atoms with van der Waals surface area (Å²) in [6.45, 7) is 6.21. The van der Waals surface area contributed by atoms with Crippen LogP contribution in [0.25, 0.3) is 10.9 Å². The van der Waals surface area contributed by atoms with Gasteiger partial charge in [0.2, 0.25) is 11.8 Å². The number of pyridine rings is 1. The van der Waals surface area contributed by atoms with Gasteiger partial charge in [0.1, 0.15) is 5.82 Å². The number of amides is 2. The molecule has 1 aromatic heterocycles. The van der Waals surface area contributed by atoms with E-state index in [1.165, 1.54) is 24.8 Å². The lowest BCUT2D eigenvalue weighted by molar-refractivity contribution is -0.124. The Morgan fingerprint density at radius 2 is 1.71 bits per heavy atom. The molecule has 1 aliphatic heterocycles. The van der Waals surface area contributed by atoms with Crippen LogP contribution in [-0.4, -0.2) is 35.9 Å². The molecule has 2 aromatic carbocycles. The normalized spacial score (nSPS) is 14.5. The Labute approximate surface area is 208 Å². The lowest BCUT2D eigenvalue weighted by atomic mass is 10.1. The zero-order chi connectivity index (χ0) is 24.6. The fourth-order valence-electron chi connectivity index (χ4n) is 4.64. The smallest absolute Gasteiger partial charge is 0.224 e. The number of nitrogens with one attached hydrogen (secondary N) is 2. The van der Waals surface area contributed by atoms with Crippen molar-refractivity contribution in [1.82, 2.24) is 10.3 Å². The molecule has 0 unspecified atom stereocenters. The molecule has 0 saturated carbocycles. The Hall–Kier alpha value is -3.41. The van der Waals surface area contributed by atoms with E-state index < -0.39 is 0 Å². The van der Waals surface area contributed by atoms with E-state index in [-0.39, 0.29) is 30.7 Å². The van der Waals surface area contributed by atoms with E-state index in [4.69, 9.17) is 4.98 Å². The van der Waals surface area contributed by atoms with Crippen molar-refractivity contribution in [2.75, 3.05) is 23.3 Å². The number of hydrogen-bond donors (Lipinski definition) is 2. The van der Waals surface area contributed by atoms with Crippen LogP contribution in [0.1, 0.15) is 56.6 Å². The summed E-state index contributed by atoms with van der Waals surface area (Å²) >= 11 is 0. The number of fused-ring (bicyclic) bond motifs is 1. The molecule has 0 spiro atoms. The van der Waals surface area contributed by atoms with E-state index in [1.807, 2.05) is 43.3 Å². The van der Waals surface area contributed by atoms with Gasteiger partial charge in [0, 0.05) is 43.0 Å². The van der Waals surface area contributed by atoms with Crippen LogP contribution in [0, 0.1) is 6.92 Å². The Morgan fingerprint density at radius 1 is 0.971 bits per heavy atom. The second-order valence-electron chi connectivity index (χ2n) is 9.62. The van der Waals surface area contributed by atoms with Crippen LogP contribution < -0.4 is 15.5 Å². The highest BCUT2D eigenvalue weighted by atomic mass is 16.2. The van der Waals surface area contributed by atoms with Crippen LogP contribution >= 0.6 is 0 Å². The summed E-state index contributed by atoms with van der Waals surface area (Å²) in [5, 5.41) is 6.98. The Bertz CT molecular complexity index is 1160. The van der Waals surface area contributed by atoms with Crippen LogP contribution in [0.2, 0.25) is 0 Å². The lowest BCUT2D eigenvalue weighted by Crippen LogP contribution is -2.33. The van der Waals surface area contributed by atoms with Crippen molar-refractivity contribution < 1.29 is 9.59 Å². The predicted molar refractivity (Wildman–Crippen MR) is 143 cm³/mol. The topological polar surface area (TPSA) is 74.3 Å². The molecule has 1 saturated heterocycles. The molecule has 4 rings (SSSR count). The van der Waals surface area contributed by atoms with E-state index in [2.05, 4.69) is 40.7 Å². The van der Waals surface area contributed by atoms with Crippen molar-refractivity contribution in [3.05, 3.63) is 65.7 Å². The summed E-state index contributed by atoms with van der Waals surface area (Å²) in [4.78, 5) is 32.0. The van der Waals surface area contributed by atoms with Crippen LogP contribution in [0.3, 0.4) is 0 Å². The molecule has 2 heterocycles. The quantitative estimate of drug-likeness (QED) is 0.438. The van der Waals surface area contributed by atoms with Crippen molar-refractivity contribution in [1.29, 1.82) is 0 Å². The number of nitrogens with zero attached hydrogens (tertiary/aromatic N) is 2. The molecule has 1 aliphatic rings. The highest BCUT2D eigenvalue weighted by Gasteiger charge is 2.15. The van der Waals surface area contributed by atoms with Crippen molar-refractivity contribution in [2.45, 2.75) is 64.8 Å². The Morgan fingerprint density at radius 3 is 2.49 bits per heavy atom. The molecule has 6 nitrogen and oxygen atoms in total. The molecule has 0 radical (unpaired) electrons. The van der Waals surface area contributed by atoms with Crippen LogP contribution in [0.15, 0.2) is 54.6 Å². The molecule has 35 heavy (non-hydrogen) atoms. The van der Waals surface area contributed by atoms with Crippen molar-refractivity contribution in [2.24, 2.45) is 0 Å². The first-order valence-corrected chi connectivity index (χ1v) is 12.8. The zero-order valence-corrected chi connectivity index (χ0v) is 20.8. The summed E-state index contributed by atoms with van der Waals surface area (Å²) in [5.74, 6) is 0.784. The minimum absolute atomic E-state index is 0.0663. The molecular formula is C29H36N4O2. The van der Waals surface area contributed by atoms with Crippen LogP contribution in [0.4, 0.5) is 11.5 Å². The third kappa shape index (κ3) is 7.04. The minimum atomic E-state index is -0.160. The number of piperidine rings is 1. The number of rotatable bonds is 9. The maximum atomic E-state index is 12.5. The van der Waals surface area contributed by atoms with Gasteiger partial charge in [0.05, 0.1) is 5.52 Å². The summed E-state index contributed by atoms with van der Waals surface area (Å²) in [7, 11) is 0. The summed E-state index contributed by atoms with van der Waals surface area (Å²) < 4.78 is 0. The molecule has 2 amide bonds. The van der Waals surface area contributed by atoms with Crippen molar-refractivity contribution >= 4 is 34.2 Å². The fourth-order valence-corrected chi connectivity index (χ4v) is 4.64. The van der Waals surface area contributed by atoms with Crippen LogP contribution in [-0.2, 0) is 16.0 Å². The SMILES string of the molecule is Cc1cc(N2CCCCC2)nc2ccc(NC(=O)CCC(=O)N[C@H](C)CCc3ccccc3)cc12. The fraction of sp³-hybridized carbons (Fsp3) is 0.414. The minimum Gasteiger partial charge on any atom is -0.357 e. The summed E-state index contributed by atoms with van der Waals surface area (Å²) in [6, 6.07) is 18.3. The van der Waals surface area contributed by atoms with Gasteiger partial charge in [-0.25, -0.2) is 4.98 Å². The maximum absolute atomic E-state index is 12.5. The van der Waals surface area contributed by atoms with Gasteiger partial charge in [-0.3, -0.25) is 9.59 Å². The van der Waals surface area contributed by atoms with E-state index in [0.29, 0.717) is 0 Å². The van der Waals surface area contributed by atoms with Gasteiger partial charge >= 0.3 is 0 Å². The second-order valence-corrected chi connectivity index (χ2v) is 9.62. The number of aromatic nitrogens is 1. The van der Waals surface area contributed by atoms with E-state index >= 15 is 0 Å². The molecule has 184 valence electrons. The number of hydrogen-bond acceptors (Lipinski definition) is 4. The first kappa shape index (κ1) is 24.7. The molecule has 0 aliphatic carbocycles. The molecule has 2 N–H and O–H groups in total. The number of anilines is 2. The molecule has 3 aromatic rings. The van der Waals surface area contributed by atoms with Gasteiger partial charge in [0.25, 0.3) is 0 Å².